The summed E-state index contributed by atoms with van der Waals surface area (Å²) in [5, 5.41) is 6.90. The van der Waals surface area contributed by atoms with Gasteiger partial charge in [-0.3, -0.25) is 4.79 Å². The van der Waals surface area contributed by atoms with Gasteiger partial charge in [-0.05, 0) is 37.5 Å². The summed E-state index contributed by atoms with van der Waals surface area (Å²) in [6.45, 7) is 1.93. The molecule has 0 aliphatic heterocycles. The number of nitrogens with zero attached hydrogens (tertiary/aromatic N) is 2. The molecule has 0 saturated heterocycles. The normalized spacial score (nSPS) is 15.1. The Bertz CT molecular complexity index is 711. The molecule has 24 heavy (non-hydrogen) atoms. The number of anilines is 2. The highest BCUT2D eigenvalue weighted by Crippen LogP contribution is 2.25. The molecule has 126 valence electrons. The van der Waals surface area contributed by atoms with Crippen LogP contribution in [0.3, 0.4) is 0 Å². The van der Waals surface area contributed by atoms with E-state index >= 15 is 0 Å². The largest absolute Gasteiger partial charge is 0.348 e. The van der Waals surface area contributed by atoms with Crippen LogP contribution in [0.4, 0.5) is 11.5 Å². The zero-order valence-corrected chi connectivity index (χ0v) is 14.4. The Kier molecular flexibility index (Phi) is 5.30. The Morgan fingerprint density at radius 2 is 1.96 bits per heavy atom. The van der Waals surface area contributed by atoms with Crippen molar-refractivity contribution in [3.8, 4) is 0 Å². The Morgan fingerprint density at radius 3 is 2.67 bits per heavy atom. The lowest BCUT2D eigenvalue weighted by Gasteiger charge is -2.22. The molecular weight excluding hydrogens is 324 g/mol. The van der Waals surface area contributed by atoms with Gasteiger partial charge in [-0.1, -0.05) is 36.9 Å². The summed E-state index contributed by atoms with van der Waals surface area (Å²) in [4.78, 5) is 20.7. The van der Waals surface area contributed by atoms with Gasteiger partial charge in [0.2, 0.25) is 0 Å². The lowest BCUT2D eigenvalue weighted by atomic mass is 9.95. The van der Waals surface area contributed by atoms with Crippen LogP contribution in [0.1, 0.15) is 48.2 Å². The molecule has 5 nitrogen and oxygen atoms in total. The molecule has 1 fully saturated rings. The standard InChI is InChI=1S/C18H21ClN4O/c1-12-14(19)8-5-9-15(12)23-17-11-20-16(10-21-17)18(24)22-13-6-3-2-4-7-13/h5,8-11,13H,2-4,6-7H2,1H3,(H,21,23)(H,22,24). The van der Waals surface area contributed by atoms with Gasteiger partial charge in [-0.25, -0.2) is 9.97 Å². The van der Waals surface area contributed by atoms with Crippen molar-refractivity contribution in [3.63, 3.8) is 0 Å². The molecular formula is C18H21ClN4O. The Labute approximate surface area is 146 Å². The summed E-state index contributed by atoms with van der Waals surface area (Å²) < 4.78 is 0. The van der Waals surface area contributed by atoms with E-state index in [0.717, 1.165) is 24.1 Å². The van der Waals surface area contributed by atoms with Crippen LogP contribution < -0.4 is 10.6 Å². The topological polar surface area (TPSA) is 66.9 Å². The van der Waals surface area contributed by atoms with Crippen LogP contribution in [-0.4, -0.2) is 21.9 Å². The smallest absolute Gasteiger partial charge is 0.271 e. The first kappa shape index (κ1) is 16.7. The maximum atomic E-state index is 12.2. The molecule has 1 aromatic carbocycles. The van der Waals surface area contributed by atoms with E-state index in [1.807, 2.05) is 25.1 Å². The van der Waals surface area contributed by atoms with E-state index in [4.69, 9.17) is 11.6 Å². The molecule has 1 aromatic heterocycles. The van der Waals surface area contributed by atoms with Crippen LogP contribution >= 0.6 is 11.6 Å². The zero-order chi connectivity index (χ0) is 16.9. The van der Waals surface area contributed by atoms with E-state index in [1.165, 1.54) is 25.5 Å². The van der Waals surface area contributed by atoms with Crippen LogP contribution in [0, 0.1) is 6.92 Å². The van der Waals surface area contributed by atoms with E-state index < -0.39 is 0 Å². The van der Waals surface area contributed by atoms with E-state index in [1.54, 1.807) is 6.20 Å². The molecule has 1 heterocycles. The fourth-order valence-electron chi connectivity index (χ4n) is 2.90. The van der Waals surface area contributed by atoms with Crippen LogP contribution in [0.5, 0.6) is 0 Å². The van der Waals surface area contributed by atoms with E-state index in [-0.39, 0.29) is 11.9 Å². The predicted octanol–water partition coefficient (Wildman–Crippen LogP) is 4.24. The number of benzene rings is 1. The molecule has 2 aromatic rings. The van der Waals surface area contributed by atoms with Crippen LogP contribution in [0.25, 0.3) is 0 Å². The highest BCUT2D eigenvalue weighted by molar-refractivity contribution is 6.31. The minimum atomic E-state index is -0.153. The number of amides is 1. The number of hydrogen-bond acceptors (Lipinski definition) is 4. The van der Waals surface area contributed by atoms with Gasteiger partial charge < -0.3 is 10.6 Å². The van der Waals surface area contributed by atoms with Crippen molar-refractivity contribution in [2.24, 2.45) is 0 Å². The van der Waals surface area contributed by atoms with E-state index in [0.29, 0.717) is 16.5 Å². The van der Waals surface area contributed by atoms with Gasteiger partial charge in [0.1, 0.15) is 11.5 Å². The van der Waals surface area contributed by atoms with Crippen molar-refractivity contribution in [3.05, 3.63) is 46.9 Å². The third-order valence-corrected chi connectivity index (χ3v) is 4.76. The minimum Gasteiger partial charge on any atom is -0.348 e. The highest BCUT2D eigenvalue weighted by Gasteiger charge is 2.17. The average molecular weight is 345 g/mol. The summed E-state index contributed by atoms with van der Waals surface area (Å²) in [5.41, 5.74) is 2.16. The van der Waals surface area contributed by atoms with Gasteiger partial charge in [-0.15, -0.1) is 0 Å². The second kappa shape index (κ2) is 7.62. The number of carbonyl (C=O) groups excluding carboxylic acids is 1. The number of carbonyl (C=O) groups is 1. The molecule has 3 rings (SSSR count). The molecule has 6 heteroatoms. The first-order valence-corrected chi connectivity index (χ1v) is 8.66. The van der Waals surface area contributed by atoms with Crippen molar-refractivity contribution >= 4 is 29.0 Å². The molecule has 1 aliphatic rings. The van der Waals surface area contributed by atoms with Crippen molar-refractivity contribution in [1.82, 2.24) is 15.3 Å². The number of rotatable bonds is 4. The lowest BCUT2D eigenvalue weighted by molar-refractivity contribution is 0.0922. The summed E-state index contributed by atoms with van der Waals surface area (Å²) in [5.74, 6) is 0.425. The number of nitrogens with one attached hydrogen (secondary N) is 2. The fraction of sp³-hybridized carbons (Fsp3) is 0.389. The van der Waals surface area contributed by atoms with Gasteiger partial charge in [0.25, 0.3) is 5.91 Å². The van der Waals surface area contributed by atoms with Gasteiger partial charge in [0, 0.05) is 16.8 Å². The zero-order valence-electron chi connectivity index (χ0n) is 13.7. The molecule has 1 amide bonds. The third kappa shape index (κ3) is 4.03. The number of aromatic nitrogens is 2. The quantitative estimate of drug-likeness (QED) is 0.870. The van der Waals surface area contributed by atoms with Crippen molar-refractivity contribution in [1.29, 1.82) is 0 Å². The van der Waals surface area contributed by atoms with Gasteiger partial charge in [0.05, 0.1) is 12.4 Å². The SMILES string of the molecule is Cc1c(Cl)cccc1Nc1cnc(C(=O)NC2CCCCC2)cn1. The van der Waals surface area contributed by atoms with Gasteiger partial charge >= 0.3 is 0 Å². The average Bonchev–Trinajstić information content (AvgIpc) is 2.60. The summed E-state index contributed by atoms with van der Waals surface area (Å²) in [7, 11) is 0. The minimum absolute atomic E-state index is 0.153. The molecule has 0 atom stereocenters. The Hall–Kier alpha value is -2.14. The van der Waals surface area contributed by atoms with Gasteiger partial charge in [0.15, 0.2) is 0 Å². The highest BCUT2D eigenvalue weighted by atomic mass is 35.5. The molecule has 0 radical (unpaired) electrons. The monoisotopic (exact) mass is 344 g/mol. The second-order valence-corrected chi connectivity index (χ2v) is 6.54. The predicted molar refractivity (Wildman–Crippen MR) is 95.8 cm³/mol. The molecule has 0 unspecified atom stereocenters. The summed E-state index contributed by atoms with van der Waals surface area (Å²) >= 11 is 6.11. The lowest BCUT2D eigenvalue weighted by Crippen LogP contribution is -2.36. The molecule has 1 aliphatic carbocycles. The summed E-state index contributed by atoms with van der Waals surface area (Å²) in [6.07, 6.45) is 8.78. The maximum absolute atomic E-state index is 12.2. The molecule has 0 spiro atoms. The first-order chi connectivity index (χ1) is 11.6. The Balaban J connectivity index is 1.64. The molecule has 1 saturated carbocycles. The van der Waals surface area contributed by atoms with Crippen LogP contribution in [0.2, 0.25) is 5.02 Å². The van der Waals surface area contributed by atoms with Crippen LogP contribution in [0.15, 0.2) is 30.6 Å². The Morgan fingerprint density at radius 1 is 1.17 bits per heavy atom. The maximum Gasteiger partial charge on any atom is 0.271 e. The van der Waals surface area contributed by atoms with Crippen molar-refractivity contribution < 1.29 is 4.79 Å². The first-order valence-electron chi connectivity index (χ1n) is 8.28. The van der Waals surface area contributed by atoms with Crippen LogP contribution in [-0.2, 0) is 0 Å². The van der Waals surface area contributed by atoms with E-state index in [9.17, 15) is 4.79 Å². The van der Waals surface area contributed by atoms with Gasteiger partial charge in [-0.2, -0.15) is 0 Å². The molecule has 0 bridgehead atoms. The van der Waals surface area contributed by atoms with Crippen molar-refractivity contribution in [2.45, 2.75) is 45.1 Å². The third-order valence-electron chi connectivity index (χ3n) is 4.36. The fourth-order valence-corrected chi connectivity index (χ4v) is 3.07. The number of halogens is 1. The molecule has 2 N–H and O–H groups in total. The number of hydrogen-bond donors (Lipinski definition) is 2. The van der Waals surface area contributed by atoms with Crippen molar-refractivity contribution in [2.75, 3.05) is 5.32 Å². The second-order valence-electron chi connectivity index (χ2n) is 6.13. The summed E-state index contributed by atoms with van der Waals surface area (Å²) in [6, 6.07) is 5.90. The van der Waals surface area contributed by atoms with E-state index in [2.05, 4.69) is 20.6 Å².